The molecule has 0 radical (unpaired) electrons. The minimum absolute atomic E-state index is 0.0830. The summed E-state index contributed by atoms with van der Waals surface area (Å²) in [4.78, 5) is 25.1. The van der Waals surface area contributed by atoms with Crippen LogP contribution in [0.1, 0.15) is 40.5 Å². The van der Waals surface area contributed by atoms with Gasteiger partial charge < -0.3 is 16.0 Å². The molecule has 0 fully saturated rings. The number of amides is 2. The van der Waals surface area contributed by atoms with Gasteiger partial charge in [0.1, 0.15) is 0 Å². The maximum atomic E-state index is 12.1. The van der Waals surface area contributed by atoms with Crippen molar-refractivity contribution in [3.8, 4) is 0 Å². The molecular formula is C12H25N3O2. The standard InChI is InChI=1S/C12H25N3O2/c1-5-8-12(4,13)11(17)15(7-3)9-10(16)14-6-2/h5-9,13H2,1-4H3,(H,14,16). The lowest BCUT2D eigenvalue weighted by molar-refractivity contribution is -0.140. The van der Waals surface area contributed by atoms with Crippen LogP contribution in [0, 0.1) is 0 Å². The minimum Gasteiger partial charge on any atom is -0.355 e. The number of likely N-dealkylation sites (N-methyl/N-ethyl adjacent to an activating group) is 2. The first-order valence-electron chi connectivity index (χ1n) is 6.23. The maximum Gasteiger partial charge on any atom is 0.242 e. The fourth-order valence-electron chi connectivity index (χ4n) is 1.74. The van der Waals surface area contributed by atoms with Crippen molar-refractivity contribution in [3.05, 3.63) is 0 Å². The highest BCUT2D eigenvalue weighted by Gasteiger charge is 2.31. The first kappa shape index (κ1) is 15.9. The van der Waals surface area contributed by atoms with Gasteiger partial charge in [0, 0.05) is 13.1 Å². The third kappa shape index (κ3) is 5.17. The minimum atomic E-state index is -0.878. The molecule has 5 heteroatoms. The van der Waals surface area contributed by atoms with Crippen molar-refractivity contribution in [2.24, 2.45) is 5.73 Å². The highest BCUT2D eigenvalue weighted by Crippen LogP contribution is 2.12. The predicted octanol–water partition coefficient (Wildman–Crippen LogP) is 0.489. The lowest BCUT2D eigenvalue weighted by Crippen LogP contribution is -2.55. The Morgan fingerprint density at radius 3 is 2.29 bits per heavy atom. The molecule has 0 aromatic rings. The summed E-state index contributed by atoms with van der Waals surface area (Å²) in [7, 11) is 0. The van der Waals surface area contributed by atoms with E-state index in [-0.39, 0.29) is 18.4 Å². The topological polar surface area (TPSA) is 75.4 Å². The summed E-state index contributed by atoms with van der Waals surface area (Å²) in [5.41, 5.74) is 5.10. The van der Waals surface area contributed by atoms with Crippen molar-refractivity contribution >= 4 is 11.8 Å². The summed E-state index contributed by atoms with van der Waals surface area (Å²) >= 11 is 0. The van der Waals surface area contributed by atoms with Crippen LogP contribution in [0.2, 0.25) is 0 Å². The molecule has 1 unspecified atom stereocenters. The molecule has 5 nitrogen and oxygen atoms in total. The fraction of sp³-hybridized carbons (Fsp3) is 0.833. The Balaban J connectivity index is 4.55. The van der Waals surface area contributed by atoms with E-state index in [2.05, 4.69) is 5.32 Å². The summed E-state index contributed by atoms with van der Waals surface area (Å²) in [6.45, 7) is 8.54. The van der Waals surface area contributed by atoms with Crippen molar-refractivity contribution in [3.63, 3.8) is 0 Å². The van der Waals surface area contributed by atoms with Gasteiger partial charge in [0.25, 0.3) is 0 Å². The monoisotopic (exact) mass is 243 g/mol. The van der Waals surface area contributed by atoms with Crippen LogP contribution >= 0.6 is 0 Å². The number of hydrogen-bond acceptors (Lipinski definition) is 3. The molecule has 100 valence electrons. The van der Waals surface area contributed by atoms with Crippen LogP contribution in [-0.2, 0) is 9.59 Å². The van der Waals surface area contributed by atoms with Crippen LogP contribution in [0.25, 0.3) is 0 Å². The molecule has 17 heavy (non-hydrogen) atoms. The van der Waals surface area contributed by atoms with E-state index in [0.717, 1.165) is 6.42 Å². The van der Waals surface area contributed by atoms with E-state index in [1.165, 1.54) is 4.90 Å². The smallest absolute Gasteiger partial charge is 0.242 e. The summed E-state index contributed by atoms with van der Waals surface area (Å²) in [6.07, 6.45) is 1.47. The number of nitrogens with zero attached hydrogens (tertiary/aromatic N) is 1. The average molecular weight is 243 g/mol. The van der Waals surface area contributed by atoms with Crippen LogP contribution in [0.5, 0.6) is 0 Å². The van der Waals surface area contributed by atoms with E-state index in [4.69, 9.17) is 5.73 Å². The van der Waals surface area contributed by atoms with Crippen molar-refractivity contribution in [1.82, 2.24) is 10.2 Å². The van der Waals surface area contributed by atoms with Crippen LogP contribution in [0.3, 0.4) is 0 Å². The quantitative estimate of drug-likeness (QED) is 0.683. The molecule has 0 aliphatic carbocycles. The highest BCUT2D eigenvalue weighted by molar-refractivity contribution is 5.89. The zero-order valence-electron chi connectivity index (χ0n) is 11.4. The fourth-order valence-corrected chi connectivity index (χ4v) is 1.74. The first-order valence-corrected chi connectivity index (χ1v) is 6.23. The van der Waals surface area contributed by atoms with Gasteiger partial charge in [-0.3, -0.25) is 9.59 Å². The predicted molar refractivity (Wildman–Crippen MR) is 68.4 cm³/mol. The Kier molecular flexibility index (Phi) is 6.80. The second-order valence-corrected chi connectivity index (χ2v) is 4.44. The van der Waals surface area contributed by atoms with Crippen molar-refractivity contribution in [2.45, 2.75) is 46.1 Å². The molecule has 0 spiro atoms. The molecule has 0 aliphatic rings. The van der Waals surface area contributed by atoms with Crippen molar-refractivity contribution in [1.29, 1.82) is 0 Å². The normalized spacial score (nSPS) is 13.9. The molecule has 0 rings (SSSR count). The van der Waals surface area contributed by atoms with Crippen molar-refractivity contribution < 1.29 is 9.59 Å². The summed E-state index contributed by atoms with van der Waals surface area (Å²) in [5, 5.41) is 2.67. The van der Waals surface area contributed by atoms with Crippen LogP contribution in [0.15, 0.2) is 0 Å². The van der Waals surface area contributed by atoms with Crippen LogP contribution < -0.4 is 11.1 Å². The maximum absolute atomic E-state index is 12.1. The van der Waals surface area contributed by atoms with E-state index in [0.29, 0.717) is 19.5 Å². The summed E-state index contributed by atoms with van der Waals surface area (Å²) in [6, 6.07) is 0. The van der Waals surface area contributed by atoms with E-state index in [1.54, 1.807) is 6.92 Å². The Hall–Kier alpha value is -1.10. The van der Waals surface area contributed by atoms with Crippen LogP contribution in [-0.4, -0.2) is 41.9 Å². The second-order valence-electron chi connectivity index (χ2n) is 4.44. The molecule has 0 heterocycles. The van der Waals surface area contributed by atoms with Crippen molar-refractivity contribution in [2.75, 3.05) is 19.6 Å². The van der Waals surface area contributed by atoms with Crippen LogP contribution in [0.4, 0.5) is 0 Å². The van der Waals surface area contributed by atoms with Gasteiger partial charge in [-0.05, 0) is 27.2 Å². The first-order chi connectivity index (χ1) is 7.88. The number of carbonyl (C=O) groups is 2. The largest absolute Gasteiger partial charge is 0.355 e. The number of nitrogens with two attached hydrogens (primary N) is 1. The van der Waals surface area contributed by atoms with Gasteiger partial charge in [0.05, 0.1) is 12.1 Å². The molecule has 0 saturated carbocycles. The Morgan fingerprint density at radius 1 is 1.29 bits per heavy atom. The van der Waals surface area contributed by atoms with Gasteiger partial charge in [-0.2, -0.15) is 0 Å². The summed E-state index contributed by atoms with van der Waals surface area (Å²) in [5.74, 6) is -0.303. The van der Waals surface area contributed by atoms with Gasteiger partial charge in [-0.1, -0.05) is 13.3 Å². The molecular weight excluding hydrogens is 218 g/mol. The number of rotatable bonds is 7. The number of carbonyl (C=O) groups excluding carboxylic acids is 2. The Bertz CT molecular complexity index is 264. The van der Waals surface area contributed by atoms with E-state index < -0.39 is 5.54 Å². The van der Waals surface area contributed by atoms with Gasteiger partial charge >= 0.3 is 0 Å². The van der Waals surface area contributed by atoms with Gasteiger partial charge in [-0.15, -0.1) is 0 Å². The summed E-state index contributed by atoms with van der Waals surface area (Å²) < 4.78 is 0. The van der Waals surface area contributed by atoms with Gasteiger partial charge in [0.2, 0.25) is 11.8 Å². The van der Waals surface area contributed by atoms with E-state index in [1.807, 2.05) is 20.8 Å². The number of hydrogen-bond donors (Lipinski definition) is 2. The molecule has 0 aliphatic heterocycles. The lowest BCUT2D eigenvalue weighted by Gasteiger charge is -2.30. The molecule has 1 atom stereocenters. The molecule has 0 saturated heterocycles. The van der Waals surface area contributed by atoms with E-state index >= 15 is 0 Å². The van der Waals surface area contributed by atoms with Gasteiger partial charge in [-0.25, -0.2) is 0 Å². The highest BCUT2D eigenvalue weighted by atomic mass is 16.2. The Labute approximate surface area is 104 Å². The molecule has 2 amide bonds. The second kappa shape index (κ2) is 7.27. The third-order valence-electron chi connectivity index (χ3n) is 2.64. The number of nitrogens with one attached hydrogen (secondary N) is 1. The Morgan fingerprint density at radius 2 is 1.88 bits per heavy atom. The molecule has 0 bridgehead atoms. The zero-order valence-corrected chi connectivity index (χ0v) is 11.4. The lowest BCUT2D eigenvalue weighted by atomic mass is 9.95. The van der Waals surface area contributed by atoms with Gasteiger partial charge in [0.15, 0.2) is 0 Å². The SMILES string of the molecule is CCCC(C)(N)C(=O)N(CC)CC(=O)NCC. The molecule has 0 aromatic carbocycles. The van der Waals surface area contributed by atoms with E-state index in [9.17, 15) is 9.59 Å². The average Bonchev–Trinajstić information content (AvgIpc) is 2.25. The zero-order chi connectivity index (χ0) is 13.5. The third-order valence-corrected chi connectivity index (χ3v) is 2.64. The molecule has 3 N–H and O–H groups in total. The molecule has 0 aromatic heterocycles.